The van der Waals surface area contributed by atoms with Crippen molar-refractivity contribution in [2.24, 2.45) is 0 Å². The van der Waals surface area contributed by atoms with E-state index < -0.39 is 29.2 Å². The second kappa shape index (κ2) is 7.34. The lowest BCUT2D eigenvalue weighted by molar-refractivity contribution is -0.384. The molecule has 0 unspecified atom stereocenters. The van der Waals surface area contributed by atoms with Gasteiger partial charge in [0.05, 0.1) is 27.4 Å². The third-order valence-electron chi connectivity index (χ3n) is 5.09. The van der Waals surface area contributed by atoms with Crippen LogP contribution in [0.15, 0.2) is 42.5 Å². The number of benzene rings is 2. The molecule has 0 spiro atoms. The van der Waals surface area contributed by atoms with Gasteiger partial charge in [0, 0.05) is 25.2 Å². The van der Waals surface area contributed by atoms with Gasteiger partial charge in [-0.25, -0.2) is 0 Å². The molecule has 0 aromatic heterocycles. The van der Waals surface area contributed by atoms with Crippen LogP contribution in [-0.2, 0) is 4.79 Å². The normalized spacial score (nSPS) is 15.6. The zero-order valence-electron chi connectivity index (χ0n) is 15.5. The topological polar surface area (TPSA) is 113 Å². The van der Waals surface area contributed by atoms with E-state index in [9.17, 15) is 24.5 Å². The van der Waals surface area contributed by atoms with Crippen LogP contribution in [0.25, 0.3) is 0 Å². The van der Waals surface area contributed by atoms with Gasteiger partial charge in [-0.3, -0.25) is 29.4 Å². The van der Waals surface area contributed by atoms with Gasteiger partial charge in [-0.1, -0.05) is 12.1 Å². The number of nitro groups is 1. The lowest BCUT2D eigenvalue weighted by Crippen LogP contribution is -2.37. The first-order valence-electron chi connectivity index (χ1n) is 9.24. The fourth-order valence-corrected chi connectivity index (χ4v) is 3.68. The Balaban J connectivity index is 1.50. The molecule has 0 bridgehead atoms. The van der Waals surface area contributed by atoms with Crippen LogP contribution in [-0.4, -0.2) is 47.2 Å². The molecule has 2 aliphatic heterocycles. The van der Waals surface area contributed by atoms with E-state index in [2.05, 4.69) is 10.2 Å². The van der Waals surface area contributed by atoms with Crippen molar-refractivity contribution < 1.29 is 19.3 Å². The summed E-state index contributed by atoms with van der Waals surface area (Å²) in [5.74, 6) is -1.86. The van der Waals surface area contributed by atoms with Gasteiger partial charge in [-0.05, 0) is 31.0 Å². The average molecular weight is 394 g/mol. The van der Waals surface area contributed by atoms with Gasteiger partial charge in [0.15, 0.2) is 0 Å². The van der Waals surface area contributed by atoms with Crippen molar-refractivity contribution in [2.75, 3.05) is 29.9 Å². The molecule has 3 amide bonds. The molecule has 0 atom stereocenters. The van der Waals surface area contributed by atoms with Crippen LogP contribution in [0.5, 0.6) is 0 Å². The molecule has 4 rings (SSSR count). The Morgan fingerprint density at radius 1 is 1.03 bits per heavy atom. The maximum Gasteiger partial charge on any atom is 0.270 e. The highest BCUT2D eigenvalue weighted by Crippen LogP contribution is 2.29. The zero-order valence-corrected chi connectivity index (χ0v) is 15.5. The van der Waals surface area contributed by atoms with Crippen LogP contribution in [0.4, 0.5) is 17.1 Å². The van der Waals surface area contributed by atoms with Crippen LogP contribution in [0.2, 0.25) is 0 Å². The third-order valence-corrected chi connectivity index (χ3v) is 5.09. The first-order chi connectivity index (χ1) is 14.0. The number of hydrogen-bond donors (Lipinski definition) is 1. The molecule has 2 aliphatic rings. The molecule has 1 fully saturated rings. The van der Waals surface area contributed by atoms with Crippen molar-refractivity contribution in [3.63, 3.8) is 0 Å². The summed E-state index contributed by atoms with van der Waals surface area (Å²) in [6, 6.07) is 10.9. The summed E-state index contributed by atoms with van der Waals surface area (Å²) in [5, 5.41) is 13.7. The number of para-hydroxylation sites is 2. The number of nitrogens with zero attached hydrogens (tertiary/aromatic N) is 3. The number of nitro benzene ring substituents is 1. The molecular weight excluding hydrogens is 376 g/mol. The van der Waals surface area contributed by atoms with Gasteiger partial charge in [0.25, 0.3) is 17.5 Å². The Morgan fingerprint density at radius 3 is 2.45 bits per heavy atom. The summed E-state index contributed by atoms with van der Waals surface area (Å²) in [6.07, 6.45) is 2.17. The van der Waals surface area contributed by atoms with Gasteiger partial charge < -0.3 is 10.2 Å². The lowest BCUT2D eigenvalue weighted by atomic mass is 10.1. The molecular formula is C20H18N4O5. The summed E-state index contributed by atoms with van der Waals surface area (Å²) in [4.78, 5) is 50.9. The SMILES string of the molecule is O=C(CN1C(=O)c2ccc([N+](=O)[O-])cc2C1=O)Nc1ccccc1N1CCCC1. The largest absolute Gasteiger partial charge is 0.370 e. The van der Waals surface area contributed by atoms with E-state index in [-0.39, 0.29) is 16.8 Å². The van der Waals surface area contributed by atoms with E-state index in [1.54, 1.807) is 12.1 Å². The van der Waals surface area contributed by atoms with E-state index in [1.165, 1.54) is 12.1 Å². The molecule has 29 heavy (non-hydrogen) atoms. The van der Waals surface area contributed by atoms with Crippen LogP contribution >= 0.6 is 0 Å². The van der Waals surface area contributed by atoms with E-state index in [0.29, 0.717) is 5.69 Å². The van der Waals surface area contributed by atoms with E-state index in [1.807, 2.05) is 12.1 Å². The fourth-order valence-electron chi connectivity index (χ4n) is 3.68. The van der Waals surface area contributed by atoms with Crippen molar-refractivity contribution in [3.05, 3.63) is 63.7 Å². The van der Waals surface area contributed by atoms with Gasteiger partial charge >= 0.3 is 0 Å². The van der Waals surface area contributed by atoms with Crippen molar-refractivity contribution in [2.45, 2.75) is 12.8 Å². The van der Waals surface area contributed by atoms with Gasteiger partial charge in [-0.15, -0.1) is 0 Å². The predicted octanol–water partition coefficient (Wildman–Crippen LogP) is 2.43. The monoisotopic (exact) mass is 394 g/mol. The molecule has 2 aromatic carbocycles. The van der Waals surface area contributed by atoms with Crippen molar-refractivity contribution >= 4 is 34.8 Å². The molecule has 2 aromatic rings. The highest BCUT2D eigenvalue weighted by molar-refractivity contribution is 6.23. The van der Waals surface area contributed by atoms with Crippen LogP contribution in [0.1, 0.15) is 33.6 Å². The molecule has 2 heterocycles. The standard InChI is InChI=1S/C20H18N4O5/c25-18(21-16-5-1-2-6-17(16)22-9-3-4-10-22)12-23-19(26)14-8-7-13(24(28)29)11-15(14)20(23)27/h1-2,5-8,11H,3-4,9-10,12H2,(H,21,25). The van der Waals surface area contributed by atoms with Crippen LogP contribution in [0, 0.1) is 10.1 Å². The Labute approximate surface area is 166 Å². The number of hydrogen-bond acceptors (Lipinski definition) is 6. The summed E-state index contributed by atoms with van der Waals surface area (Å²) in [7, 11) is 0. The summed E-state index contributed by atoms with van der Waals surface area (Å²) < 4.78 is 0. The summed E-state index contributed by atoms with van der Waals surface area (Å²) >= 11 is 0. The molecule has 1 N–H and O–H groups in total. The van der Waals surface area contributed by atoms with Gasteiger partial charge in [-0.2, -0.15) is 0 Å². The quantitative estimate of drug-likeness (QED) is 0.473. The molecule has 148 valence electrons. The Hall–Kier alpha value is -3.75. The van der Waals surface area contributed by atoms with Gasteiger partial charge in [0.2, 0.25) is 5.91 Å². The Kier molecular flexibility index (Phi) is 4.71. The molecule has 9 nitrogen and oxygen atoms in total. The molecule has 1 saturated heterocycles. The van der Waals surface area contributed by atoms with Crippen molar-refractivity contribution in [1.82, 2.24) is 4.90 Å². The summed E-state index contributed by atoms with van der Waals surface area (Å²) in [6.45, 7) is 1.35. The fraction of sp³-hybridized carbons (Fsp3) is 0.250. The third kappa shape index (κ3) is 3.42. The zero-order chi connectivity index (χ0) is 20.5. The number of amides is 3. The number of nitrogens with one attached hydrogen (secondary N) is 1. The minimum atomic E-state index is -0.711. The highest BCUT2D eigenvalue weighted by atomic mass is 16.6. The number of rotatable bonds is 5. The average Bonchev–Trinajstić information content (AvgIpc) is 3.32. The summed E-state index contributed by atoms with van der Waals surface area (Å²) in [5.41, 5.74) is 1.24. The number of non-ortho nitro benzene ring substituents is 1. The second-order valence-corrected chi connectivity index (χ2v) is 6.94. The van der Waals surface area contributed by atoms with E-state index >= 15 is 0 Å². The maximum absolute atomic E-state index is 12.6. The highest BCUT2D eigenvalue weighted by Gasteiger charge is 2.37. The molecule has 0 aliphatic carbocycles. The Bertz CT molecular complexity index is 1030. The molecule has 0 saturated carbocycles. The number of imide groups is 1. The second-order valence-electron chi connectivity index (χ2n) is 6.94. The van der Waals surface area contributed by atoms with E-state index in [4.69, 9.17) is 0 Å². The number of carbonyl (C=O) groups is 3. The molecule has 9 heteroatoms. The van der Waals surface area contributed by atoms with Crippen LogP contribution < -0.4 is 10.2 Å². The minimum Gasteiger partial charge on any atom is -0.370 e. The van der Waals surface area contributed by atoms with Crippen LogP contribution in [0.3, 0.4) is 0 Å². The number of anilines is 2. The smallest absolute Gasteiger partial charge is 0.270 e. The van der Waals surface area contributed by atoms with Crippen molar-refractivity contribution in [3.8, 4) is 0 Å². The number of fused-ring (bicyclic) bond motifs is 1. The first kappa shape index (κ1) is 18.6. The lowest BCUT2D eigenvalue weighted by Gasteiger charge is -2.22. The maximum atomic E-state index is 12.6. The predicted molar refractivity (Wildman–Crippen MR) is 105 cm³/mol. The number of carbonyl (C=O) groups excluding carboxylic acids is 3. The van der Waals surface area contributed by atoms with E-state index in [0.717, 1.165) is 42.6 Å². The first-order valence-corrected chi connectivity index (χ1v) is 9.24. The van der Waals surface area contributed by atoms with Crippen molar-refractivity contribution in [1.29, 1.82) is 0 Å². The van der Waals surface area contributed by atoms with Gasteiger partial charge in [0.1, 0.15) is 6.54 Å². The minimum absolute atomic E-state index is 0.0607. The Morgan fingerprint density at radius 2 is 1.72 bits per heavy atom. The molecule has 0 radical (unpaired) electrons.